The average Bonchev–Trinajstić information content (AvgIpc) is 2.61. The van der Waals surface area contributed by atoms with E-state index < -0.39 is 6.10 Å². The summed E-state index contributed by atoms with van der Waals surface area (Å²) in [6, 6.07) is 11.6. The number of benzene rings is 2. The molecule has 1 N–H and O–H groups in total. The predicted molar refractivity (Wildman–Crippen MR) is 92.3 cm³/mol. The molecule has 1 aliphatic rings. The molecule has 0 bridgehead atoms. The van der Waals surface area contributed by atoms with Crippen LogP contribution in [0, 0.1) is 13.8 Å². The molecule has 0 amide bonds. The van der Waals surface area contributed by atoms with Crippen molar-refractivity contribution in [1.82, 2.24) is 0 Å². The van der Waals surface area contributed by atoms with E-state index in [2.05, 4.69) is 19.9 Å². The van der Waals surface area contributed by atoms with Gasteiger partial charge in [-0.15, -0.1) is 0 Å². The van der Waals surface area contributed by atoms with Crippen LogP contribution in [-0.4, -0.2) is 24.1 Å². The number of aryl methyl sites for hydroxylation is 2. The minimum atomic E-state index is -0.482. The molecule has 0 spiro atoms. The lowest BCUT2D eigenvalue weighted by Gasteiger charge is -2.33. The third-order valence-electron chi connectivity index (χ3n) is 4.24. The van der Waals surface area contributed by atoms with Crippen LogP contribution in [0.2, 0.25) is 0 Å². The van der Waals surface area contributed by atoms with Gasteiger partial charge in [0.1, 0.15) is 6.29 Å². The number of rotatable bonds is 4. The maximum absolute atomic E-state index is 10.4. The van der Waals surface area contributed by atoms with Crippen LogP contribution in [0.1, 0.15) is 28.4 Å². The largest absolute Gasteiger partial charge is 0.480 e. The number of hydrogen-bond donors (Lipinski definition) is 1. The summed E-state index contributed by atoms with van der Waals surface area (Å²) in [6.07, 6.45) is 3.00. The second-order valence-electron chi connectivity index (χ2n) is 5.92. The van der Waals surface area contributed by atoms with Crippen molar-refractivity contribution in [2.24, 2.45) is 0 Å². The van der Waals surface area contributed by atoms with Gasteiger partial charge < -0.3 is 14.6 Å². The number of aliphatic hydroxyl groups is 1. The zero-order valence-corrected chi connectivity index (χ0v) is 13.7. The number of fused-ring (bicyclic) bond motifs is 1. The van der Waals surface area contributed by atoms with E-state index in [9.17, 15) is 9.90 Å². The molecule has 4 nitrogen and oxygen atoms in total. The lowest BCUT2D eigenvalue weighted by molar-refractivity contribution is -0.104. The molecular weight excluding hydrogens is 304 g/mol. The summed E-state index contributed by atoms with van der Waals surface area (Å²) in [7, 11) is 0. The van der Waals surface area contributed by atoms with Crippen LogP contribution < -0.4 is 9.47 Å². The van der Waals surface area contributed by atoms with Gasteiger partial charge in [0.15, 0.2) is 23.7 Å². The van der Waals surface area contributed by atoms with Crippen molar-refractivity contribution < 1.29 is 19.4 Å². The number of hydrogen-bond acceptors (Lipinski definition) is 4. The lowest BCUT2D eigenvalue weighted by atomic mass is 9.98. The van der Waals surface area contributed by atoms with Gasteiger partial charge in [-0.25, -0.2) is 0 Å². The molecule has 0 aliphatic carbocycles. The Bertz CT molecular complexity index is 779. The molecule has 24 heavy (non-hydrogen) atoms. The Morgan fingerprint density at radius 2 is 1.88 bits per heavy atom. The van der Waals surface area contributed by atoms with Gasteiger partial charge in [-0.2, -0.15) is 0 Å². The smallest absolute Gasteiger partial charge is 0.163 e. The van der Waals surface area contributed by atoms with E-state index in [1.807, 2.05) is 24.3 Å². The van der Waals surface area contributed by atoms with Crippen LogP contribution in [0.5, 0.6) is 11.5 Å². The molecule has 1 heterocycles. The molecule has 124 valence electrons. The molecule has 3 rings (SSSR count). The summed E-state index contributed by atoms with van der Waals surface area (Å²) in [5.74, 6) is 1.20. The second kappa shape index (κ2) is 6.89. The van der Waals surface area contributed by atoms with Gasteiger partial charge >= 0.3 is 0 Å². The maximum Gasteiger partial charge on any atom is 0.163 e. The molecule has 2 aromatic carbocycles. The van der Waals surface area contributed by atoms with Crippen LogP contribution in [0.3, 0.4) is 0 Å². The highest BCUT2D eigenvalue weighted by molar-refractivity contribution is 5.74. The topological polar surface area (TPSA) is 55.8 Å². The molecule has 0 saturated heterocycles. The quantitative estimate of drug-likeness (QED) is 0.692. The van der Waals surface area contributed by atoms with Crippen molar-refractivity contribution in [3.05, 3.63) is 64.7 Å². The van der Waals surface area contributed by atoms with Crippen LogP contribution in [-0.2, 0) is 4.79 Å². The minimum absolute atomic E-state index is 0.147. The van der Waals surface area contributed by atoms with Gasteiger partial charge in [0.05, 0.1) is 6.61 Å². The van der Waals surface area contributed by atoms with E-state index in [0.717, 1.165) is 17.4 Å². The first-order valence-electron chi connectivity index (χ1n) is 7.89. The van der Waals surface area contributed by atoms with Gasteiger partial charge in [-0.1, -0.05) is 30.3 Å². The fourth-order valence-electron chi connectivity index (χ4n) is 2.76. The fourth-order valence-corrected chi connectivity index (χ4v) is 2.76. The molecule has 2 unspecified atom stereocenters. The summed E-state index contributed by atoms with van der Waals surface area (Å²) in [5, 5.41) is 9.72. The number of aldehydes is 1. The second-order valence-corrected chi connectivity index (χ2v) is 5.92. The van der Waals surface area contributed by atoms with Gasteiger partial charge in [-0.3, -0.25) is 4.79 Å². The summed E-state index contributed by atoms with van der Waals surface area (Å²) >= 11 is 0. The highest BCUT2D eigenvalue weighted by Gasteiger charge is 2.32. The van der Waals surface area contributed by atoms with E-state index in [1.165, 1.54) is 17.2 Å². The normalized spacial score (nSPS) is 19.5. The number of allylic oxidation sites excluding steroid dienone is 1. The summed E-state index contributed by atoms with van der Waals surface area (Å²) in [4.78, 5) is 10.4. The Morgan fingerprint density at radius 1 is 1.04 bits per heavy atom. The molecule has 0 aromatic heterocycles. The van der Waals surface area contributed by atoms with E-state index in [0.29, 0.717) is 11.5 Å². The van der Waals surface area contributed by atoms with Crippen molar-refractivity contribution >= 4 is 12.4 Å². The van der Waals surface area contributed by atoms with Crippen molar-refractivity contribution in [2.45, 2.75) is 26.1 Å². The Balaban J connectivity index is 1.93. The number of ether oxygens (including phenoxy) is 2. The summed E-state index contributed by atoms with van der Waals surface area (Å²) < 4.78 is 12.0. The zero-order chi connectivity index (χ0) is 17.1. The van der Waals surface area contributed by atoms with Crippen molar-refractivity contribution in [3.63, 3.8) is 0 Å². The molecule has 2 atom stereocenters. The Morgan fingerprint density at radius 3 is 2.58 bits per heavy atom. The maximum atomic E-state index is 10.4. The Hall–Kier alpha value is -2.59. The van der Waals surface area contributed by atoms with Gasteiger partial charge in [-0.05, 0) is 54.3 Å². The Kier molecular flexibility index (Phi) is 4.67. The zero-order valence-electron chi connectivity index (χ0n) is 13.7. The number of carbonyl (C=O) groups excluding carboxylic acids is 1. The lowest BCUT2D eigenvalue weighted by Crippen LogP contribution is -2.36. The van der Waals surface area contributed by atoms with Crippen molar-refractivity contribution in [2.75, 3.05) is 6.61 Å². The van der Waals surface area contributed by atoms with E-state index >= 15 is 0 Å². The van der Waals surface area contributed by atoms with E-state index in [4.69, 9.17) is 9.47 Å². The van der Waals surface area contributed by atoms with Crippen LogP contribution in [0.15, 0.2) is 42.5 Å². The highest BCUT2D eigenvalue weighted by atomic mass is 16.6. The van der Waals surface area contributed by atoms with Crippen molar-refractivity contribution in [1.29, 1.82) is 0 Å². The van der Waals surface area contributed by atoms with Crippen LogP contribution in [0.4, 0.5) is 0 Å². The molecule has 4 heteroatoms. The van der Waals surface area contributed by atoms with E-state index in [-0.39, 0.29) is 12.7 Å². The molecule has 2 aromatic rings. The predicted octanol–water partition coefficient (Wildman–Crippen LogP) is 3.39. The SMILES string of the molecule is Cc1ccc(C2Oc3ccc(C=CC=O)cc3OC2CO)cc1C. The monoisotopic (exact) mass is 324 g/mol. The first-order chi connectivity index (χ1) is 11.6. The van der Waals surface area contributed by atoms with Crippen LogP contribution >= 0.6 is 0 Å². The molecule has 1 aliphatic heterocycles. The molecular formula is C20H20O4. The molecule has 0 radical (unpaired) electrons. The Labute approximate surface area is 141 Å². The van der Waals surface area contributed by atoms with E-state index in [1.54, 1.807) is 12.1 Å². The third kappa shape index (κ3) is 3.19. The highest BCUT2D eigenvalue weighted by Crippen LogP contribution is 2.40. The molecule has 0 fully saturated rings. The van der Waals surface area contributed by atoms with Gasteiger partial charge in [0, 0.05) is 0 Å². The first kappa shape index (κ1) is 16.3. The van der Waals surface area contributed by atoms with Crippen molar-refractivity contribution in [3.8, 4) is 11.5 Å². The first-order valence-corrected chi connectivity index (χ1v) is 7.89. The van der Waals surface area contributed by atoms with Gasteiger partial charge in [0.25, 0.3) is 0 Å². The third-order valence-corrected chi connectivity index (χ3v) is 4.24. The van der Waals surface area contributed by atoms with Gasteiger partial charge in [0.2, 0.25) is 0 Å². The number of aliphatic hydroxyl groups excluding tert-OH is 1. The summed E-state index contributed by atoms with van der Waals surface area (Å²) in [6.45, 7) is 3.96. The van der Waals surface area contributed by atoms with Crippen LogP contribution in [0.25, 0.3) is 6.08 Å². The minimum Gasteiger partial charge on any atom is -0.480 e. The number of carbonyl (C=O) groups is 1. The standard InChI is InChI=1S/C20H20O4/c1-13-5-7-16(10-14(13)2)20-19(12-22)23-18-11-15(4-3-9-21)6-8-17(18)24-20/h3-11,19-20,22H,12H2,1-2H3. The molecule has 0 saturated carbocycles. The fraction of sp³-hybridized carbons (Fsp3) is 0.250. The summed E-state index contributed by atoms with van der Waals surface area (Å²) in [5.41, 5.74) is 4.20. The average molecular weight is 324 g/mol.